The predicted molar refractivity (Wildman–Crippen MR) is 176 cm³/mol. The van der Waals surface area contributed by atoms with Crippen LogP contribution in [0.5, 0.6) is 0 Å². The van der Waals surface area contributed by atoms with E-state index in [2.05, 4.69) is 16.0 Å². The highest BCUT2D eigenvalue weighted by Gasteiger charge is 2.28. The van der Waals surface area contributed by atoms with Crippen molar-refractivity contribution in [2.24, 2.45) is 0 Å². The van der Waals surface area contributed by atoms with Gasteiger partial charge in [-0.3, -0.25) is 4.79 Å². The molecule has 44 heavy (non-hydrogen) atoms. The van der Waals surface area contributed by atoms with Gasteiger partial charge >= 0.3 is 5.97 Å². The van der Waals surface area contributed by atoms with Crippen LogP contribution in [-0.2, 0) is 22.4 Å². The summed E-state index contributed by atoms with van der Waals surface area (Å²) in [5, 5.41) is 13.6. The molecule has 5 aromatic rings. The fourth-order valence-electron chi connectivity index (χ4n) is 5.75. The lowest BCUT2D eigenvalue weighted by atomic mass is 9.95. The number of nitriles is 1. The summed E-state index contributed by atoms with van der Waals surface area (Å²) in [5.74, 6) is -1.01. The Hall–Kier alpha value is -5.19. The Morgan fingerprint density at radius 1 is 0.932 bits per heavy atom. The zero-order valence-corrected chi connectivity index (χ0v) is 25.2. The molecule has 1 aliphatic carbocycles. The van der Waals surface area contributed by atoms with Gasteiger partial charge in [0.05, 0.1) is 23.6 Å². The maximum Gasteiger partial charge on any atom is 0.341 e. The van der Waals surface area contributed by atoms with Gasteiger partial charge in [0.1, 0.15) is 16.6 Å². The lowest BCUT2D eigenvalue weighted by molar-refractivity contribution is -0.112. The molecule has 0 fully saturated rings. The van der Waals surface area contributed by atoms with E-state index in [4.69, 9.17) is 4.74 Å². The summed E-state index contributed by atoms with van der Waals surface area (Å²) in [6.45, 7) is 2.01. The number of aromatic nitrogens is 1. The molecule has 6 rings (SSSR count). The molecule has 218 valence electrons. The Kier molecular flexibility index (Phi) is 8.53. The number of nitrogens with one attached hydrogen (secondary N) is 1. The van der Waals surface area contributed by atoms with Crippen molar-refractivity contribution in [1.29, 1.82) is 5.26 Å². The minimum atomic E-state index is -0.565. The normalized spacial score (nSPS) is 12.7. The maximum atomic E-state index is 13.7. The summed E-state index contributed by atoms with van der Waals surface area (Å²) in [7, 11) is 0. The van der Waals surface area contributed by atoms with Crippen LogP contribution in [0.25, 0.3) is 34.3 Å². The van der Waals surface area contributed by atoms with Gasteiger partial charge in [-0.25, -0.2) is 4.79 Å². The largest absolute Gasteiger partial charge is 0.462 e. The number of nitrogens with zero attached hydrogens (tertiary/aromatic N) is 2. The van der Waals surface area contributed by atoms with Crippen molar-refractivity contribution in [3.63, 3.8) is 0 Å². The van der Waals surface area contributed by atoms with E-state index < -0.39 is 11.9 Å². The Morgan fingerprint density at radius 3 is 2.23 bits per heavy atom. The topological polar surface area (TPSA) is 84.1 Å². The first-order valence-electron chi connectivity index (χ1n) is 14.8. The number of ether oxygens (including phenoxy) is 1. The third kappa shape index (κ3) is 5.72. The Morgan fingerprint density at radius 2 is 1.57 bits per heavy atom. The van der Waals surface area contributed by atoms with Gasteiger partial charge in [-0.15, -0.1) is 11.3 Å². The van der Waals surface area contributed by atoms with Crippen molar-refractivity contribution in [3.8, 4) is 34.3 Å². The second kappa shape index (κ2) is 13.0. The average molecular weight is 598 g/mol. The first-order valence-corrected chi connectivity index (χ1v) is 15.6. The van der Waals surface area contributed by atoms with Gasteiger partial charge in [0.15, 0.2) is 0 Å². The summed E-state index contributed by atoms with van der Waals surface area (Å²) >= 11 is 1.41. The zero-order valence-electron chi connectivity index (χ0n) is 24.4. The molecule has 1 aliphatic rings. The number of fused-ring (bicyclic) bond motifs is 1. The van der Waals surface area contributed by atoms with Gasteiger partial charge in [0.2, 0.25) is 0 Å². The summed E-state index contributed by atoms with van der Waals surface area (Å²) in [5.41, 5.74) is 6.72. The van der Waals surface area contributed by atoms with E-state index in [9.17, 15) is 14.9 Å². The van der Waals surface area contributed by atoms with E-state index in [0.717, 1.165) is 69.9 Å². The number of rotatable bonds is 8. The predicted octanol–water partition coefficient (Wildman–Crippen LogP) is 8.47. The van der Waals surface area contributed by atoms with E-state index >= 15 is 0 Å². The average Bonchev–Trinajstić information content (AvgIpc) is 3.63. The van der Waals surface area contributed by atoms with Crippen LogP contribution >= 0.6 is 11.3 Å². The first kappa shape index (κ1) is 28.9. The molecule has 0 bridgehead atoms. The third-order valence-electron chi connectivity index (χ3n) is 7.70. The van der Waals surface area contributed by atoms with E-state index in [1.807, 2.05) is 97.1 Å². The van der Waals surface area contributed by atoms with E-state index in [1.54, 1.807) is 13.0 Å². The SMILES string of the molecule is CCOC(=O)c1c(NC(=O)/C(C#N)=C/c2cc(-c3ccccc3)n(-c3ccccc3)c2-c2ccccc2)sc2c1CCCC2. The summed E-state index contributed by atoms with van der Waals surface area (Å²) in [6.07, 6.45) is 5.29. The van der Waals surface area contributed by atoms with Crippen molar-refractivity contribution in [2.45, 2.75) is 32.6 Å². The molecule has 7 heteroatoms. The van der Waals surface area contributed by atoms with Gasteiger partial charge < -0.3 is 14.6 Å². The second-order valence-electron chi connectivity index (χ2n) is 10.5. The van der Waals surface area contributed by atoms with Crippen molar-refractivity contribution >= 4 is 34.3 Å². The molecule has 1 N–H and O–H groups in total. The van der Waals surface area contributed by atoms with Crippen LogP contribution in [-0.4, -0.2) is 23.1 Å². The van der Waals surface area contributed by atoms with Crippen molar-refractivity contribution in [3.05, 3.63) is 124 Å². The number of hydrogen-bond donors (Lipinski definition) is 1. The molecule has 0 aliphatic heterocycles. The number of carbonyl (C=O) groups excluding carboxylic acids is 2. The molecular formula is C37H31N3O3S. The van der Waals surface area contributed by atoms with Gasteiger partial charge in [-0.1, -0.05) is 78.9 Å². The quantitative estimate of drug-likeness (QED) is 0.110. The second-order valence-corrected chi connectivity index (χ2v) is 11.6. The highest BCUT2D eigenvalue weighted by molar-refractivity contribution is 7.17. The summed E-state index contributed by atoms with van der Waals surface area (Å²) < 4.78 is 7.52. The molecule has 0 unspecified atom stereocenters. The maximum absolute atomic E-state index is 13.7. The van der Waals surface area contributed by atoms with Crippen LogP contribution in [0.3, 0.4) is 0 Å². The van der Waals surface area contributed by atoms with Gasteiger partial charge in [0, 0.05) is 16.1 Å². The highest BCUT2D eigenvalue weighted by Crippen LogP contribution is 2.40. The lowest BCUT2D eigenvalue weighted by Crippen LogP contribution is -2.16. The van der Waals surface area contributed by atoms with E-state index in [1.165, 1.54) is 11.3 Å². The third-order valence-corrected chi connectivity index (χ3v) is 8.91. The molecule has 0 saturated carbocycles. The number of anilines is 1. The molecule has 0 atom stereocenters. The number of esters is 1. The standard InChI is InChI=1S/C37H31N3O3S/c1-2-43-37(42)33-30-20-12-13-21-32(30)44-36(33)39-35(41)28(24-38)22-27-23-31(25-14-6-3-7-15-25)40(29-18-10-5-11-19-29)34(27)26-16-8-4-9-17-26/h3-11,14-19,22-23H,2,12-13,20-21H2,1H3,(H,39,41)/b28-22+. The van der Waals surface area contributed by atoms with E-state index in [-0.39, 0.29) is 12.2 Å². The molecule has 0 saturated heterocycles. The molecule has 0 radical (unpaired) electrons. The van der Waals surface area contributed by atoms with Crippen LogP contribution in [0.1, 0.15) is 46.1 Å². The number of hydrogen-bond acceptors (Lipinski definition) is 5. The Balaban J connectivity index is 1.48. The fourth-order valence-corrected chi connectivity index (χ4v) is 7.02. The van der Waals surface area contributed by atoms with Crippen LogP contribution in [0.15, 0.2) is 103 Å². The number of carbonyl (C=O) groups is 2. The lowest BCUT2D eigenvalue weighted by Gasteiger charge is -2.15. The number of thiophene rings is 1. The minimum Gasteiger partial charge on any atom is -0.462 e. The summed E-state index contributed by atoms with van der Waals surface area (Å²) in [6, 6.07) is 34.2. The van der Waals surface area contributed by atoms with Crippen molar-refractivity contribution < 1.29 is 14.3 Å². The van der Waals surface area contributed by atoms with Crippen LogP contribution in [0.2, 0.25) is 0 Å². The molecule has 2 heterocycles. The van der Waals surface area contributed by atoms with Crippen LogP contribution in [0.4, 0.5) is 5.00 Å². The monoisotopic (exact) mass is 597 g/mol. The smallest absolute Gasteiger partial charge is 0.341 e. The number of para-hydroxylation sites is 1. The number of amides is 1. The van der Waals surface area contributed by atoms with Gasteiger partial charge in [-0.05, 0) is 73.6 Å². The van der Waals surface area contributed by atoms with E-state index in [0.29, 0.717) is 10.6 Å². The van der Waals surface area contributed by atoms with Crippen LogP contribution in [0, 0.1) is 11.3 Å². The molecular weight excluding hydrogens is 566 g/mol. The molecule has 3 aromatic carbocycles. The molecule has 1 amide bonds. The molecule has 6 nitrogen and oxygen atoms in total. The van der Waals surface area contributed by atoms with Gasteiger partial charge in [-0.2, -0.15) is 5.26 Å². The number of benzene rings is 3. The van der Waals surface area contributed by atoms with Gasteiger partial charge in [0.25, 0.3) is 5.91 Å². The Labute approximate surface area is 260 Å². The Bertz CT molecular complexity index is 1880. The minimum absolute atomic E-state index is 0.0619. The molecule has 0 spiro atoms. The summed E-state index contributed by atoms with van der Waals surface area (Å²) in [4.78, 5) is 27.8. The highest BCUT2D eigenvalue weighted by atomic mass is 32.1. The van der Waals surface area contributed by atoms with Crippen molar-refractivity contribution in [1.82, 2.24) is 4.57 Å². The number of aryl methyl sites for hydroxylation is 1. The van der Waals surface area contributed by atoms with Crippen molar-refractivity contribution in [2.75, 3.05) is 11.9 Å². The zero-order chi connectivity index (χ0) is 30.5. The van der Waals surface area contributed by atoms with Crippen LogP contribution < -0.4 is 5.32 Å². The molecule has 2 aromatic heterocycles. The fraction of sp³-hybridized carbons (Fsp3) is 0.162. The first-order chi connectivity index (χ1) is 21.6.